The molecule has 1 atom stereocenters. The summed E-state index contributed by atoms with van der Waals surface area (Å²) in [5, 5.41) is 28.3. The van der Waals surface area contributed by atoms with E-state index in [4.69, 9.17) is 20.3 Å². The van der Waals surface area contributed by atoms with E-state index in [2.05, 4.69) is 16.3 Å². The third-order valence-corrected chi connectivity index (χ3v) is 8.35. The van der Waals surface area contributed by atoms with Crippen LogP contribution in [-0.4, -0.2) is 74.1 Å². The number of benzene rings is 1. The molecule has 13 heteroatoms. The van der Waals surface area contributed by atoms with Crippen molar-refractivity contribution in [3.8, 4) is 6.07 Å². The molecule has 4 N–H and O–H groups in total. The summed E-state index contributed by atoms with van der Waals surface area (Å²) >= 11 is 0. The lowest BCUT2D eigenvalue weighted by Crippen LogP contribution is -2.55. The number of aliphatic hydroxyl groups excluding tert-OH is 1. The van der Waals surface area contributed by atoms with Gasteiger partial charge in [0.1, 0.15) is 0 Å². The summed E-state index contributed by atoms with van der Waals surface area (Å²) in [6.45, 7) is 16.2. The van der Waals surface area contributed by atoms with Crippen LogP contribution in [0.15, 0.2) is 82.3 Å². The van der Waals surface area contributed by atoms with Gasteiger partial charge in [0, 0.05) is 85.3 Å². The zero-order valence-electron chi connectivity index (χ0n) is 29.1. The van der Waals surface area contributed by atoms with E-state index >= 15 is 0 Å². The summed E-state index contributed by atoms with van der Waals surface area (Å²) in [7, 11) is -2.72. The minimum Gasteiger partial charge on any atom is -0.481 e. The molecular weight excluding hydrogens is 622 g/mol. The topological polar surface area (TPSA) is 182 Å². The maximum atomic E-state index is 13.3. The van der Waals surface area contributed by atoms with E-state index in [0.29, 0.717) is 49.4 Å². The Hall–Kier alpha value is -4.38. The summed E-state index contributed by atoms with van der Waals surface area (Å²) in [6.07, 6.45) is 10.0. The average Bonchev–Trinajstić information content (AvgIpc) is 3.37. The summed E-state index contributed by atoms with van der Waals surface area (Å²) in [4.78, 5) is 34.8. The van der Waals surface area contributed by atoms with Crippen LogP contribution in [0.5, 0.6) is 0 Å². The number of nitrogens with one attached hydrogen (secondary N) is 2. The monoisotopic (exact) mass is 674 g/mol. The Morgan fingerprint density at radius 1 is 1.02 bits per heavy atom. The fourth-order valence-electron chi connectivity index (χ4n) is 3.98. The van der Waals surface area contributed by atoms with Gasteiger partial charge in [0.05, 0.1) is 11.0 Å². The number of carbonyl (C=O) groups is 2. The fraction of sp³-hybridized carbons (Fsp3) is 0.441. The van der Waals surface area contributed by atoms with Crippen LogP contribution in [0.4, 0.5) is 11.4 Å². The highest BCUT2D eigenvalue weighted by atomic mass is 32.2. The van der Waals surface area contributed by atoms with E-state index in [9.17, 15) is 18.1 Å². The second kappa shape index (κ2) is 24.8. The third-order valence-electron chi connectivity index (χ3n) is 6.44. The molecule has 1 saturated heterocycles. The number of sulfonamides is 1. The predicted octanol–water partition coefficient (Wildman–Crippen LogP) is 4.06. The van der Waals surface area contributed by atoms with Crippen LogP contribution >= 0.6 is 0 Å². The van der Waals surface area contributed by atoms with Crippen LogP contribution in [0, 0.1) is 16.2 Å². The quantitative estimate of drug-likeness (QED) is 0.233. The lowest BCUT2D eigenvalue weighted by atomic mass is 10.1. The number of nitrogens with zero attached hydrogens (tertiary/aromatic N) is 3. The Morgan fingerprint density at radius 3 is 2.02 bits per heavy atom. The Bertz CT molecular complexity index is 1430. The van der Waals surface area contributed by atoms with Crippen LogP contribution in [0.2, 0.25) is 0 Å². The number of aliphatic hydroxyl groups is 1. The minimum atomic E-state index is -3.72. The van der Waals surface area contributed by atoms with Gasteiger partial charge in [-0.3, -0.25) is 9.59 Å². The lowest BCUT2D eigenvalue weighted by molar-refractivity contribution is -0.379. The van der Waals surface area contributed by atoms with Crippen molar-refractivity contribution >= 4 is 33.3 Å². The summed E-state index contributed by atoms with van der Waals surface area (Å²) in [5.74, 6) is -1.12. The van der Waals surface area contributed by atoms with Crippen LogP contribution in [-0.2, 0) is 19.6 Å². The molecule has 1 heterocycles. The molecule has 1 aromatic rings. The van der Waals surface area contributed by atoms with E-state index < -0.39 is 16.0 Å². The van der Waals surface area contributed by atoms with Gasteiger partial charge in [-0.25, -0.2) is 8.42 Å². The molecule has 0 radical (unpaired) electrons. The number of piperazine rings is 1. The Morgan fingerprint density at radius 2 is 1.55 bits per heavy atom. The van der Waals surface area contributed by atoms with Gasteiger partial charge in [-0.15, -0.1) is 0 Å². The number of nitroso groups, excluding NO2 is 1. The van der Waals surface area contributed by atoms with Gasteiger partial charge in [0.15, 0.2) is 0 Å². The molecule has 0 bridgehead atoms. The predicted molar refractivity (Wildman–Crippen MR) is 188 cm³/mol. The Kier molecular flexibility index (Phi) is 23.6. The van der Waals surface area contributed by atoms with Crippen LogP contribution in [0.25, 0.3) is 0 Å². The van der Waals surface area contributed by atoms with Crippen molar-refractivity contribution in [2.75, 3.05) is 38.2 Å². The number of allylic oxidation sites excluding steroid dienone is 7. The van der Waals surface area contributed by atoms with Gasteiger partial charge in [-0.05, 0) is 57.6 Å². The molecule has 12 nitrogen and oxygen atoms in total. The number of amides is 1. The molecule has 1 fully saturated rings. The van der Waals surface area contributed by atoms with Gasteiger partial charge in [-0.1, -0.05) is 51.5 Å². The molecule has 260 valence electrons. The van der Waals surface area contributed by atoms with Gasteiger partial charge >= 0.3 is 0 Å². The van der Waals surface area contributed by atoms with Crippen molar-refractivity contribution in [3.63, 3.8) is 0 Å². The first kappa shape index (κ1) is 44.7. The fourth-order valence-corrected chi connectivity index (χ4v) is 5.43. The maximum absolute atomic E-state index is 13.3. The SMILES string of the molecule is C/C=C(C#N)\C=C(\C)C(C)NC(=O)C1=CC=C(S(=O)(=O)N2CCN(c3ccc([NH+]=O)cc3)CC2)C=CC1.CC.CC.CC(=O)O.CO. The molecule has 1 aromatic carbocycles. The molecule has 3 rings (SSSR count). The molecule has 0 aromatic heterocycles. The second-order valence-electron chi connectivity index (χ2n) is 9.37. The zero-order chi connectivity index (χ0) is 36.6. The highest BCUT2D eigenvalue weighted by molar-refractivity contribution is 7.93. The van der Waals surface area contributed by atoms with Crippen LogP contribution in [0.1, 0.15) is 61.8 Å². The smallest absolute Gasteiger partial charge is 0.300 e. The van der Waals surface area contributed by atoms with E-state index in [1.165, 1.54) is 10.4 Å². The molecule has 47 heavy (non-hydrogen) atoms. The first-order chi connectivity index (χ1) is 22.4. The van der Waals surface area contributed by atoms with Crippen LogP contribution in [0.3, 0.4) is 0 Å². The van der Waals surface area contributed by atoms with E-state index in [-0.39, 0.29) is 16.9 Å². The van der Waals surface area contributed by atoms with Crippen molar-refractivity contribution in [1.29, 1.82) is 5.26 Å². The molecule has 2 aliphatic rings. The molecule has 0 spiro atoms. The first-order valence-corrected chi connectivity index (χ1v) is 16.9. The average molecular weight is 675 g/mol. The van der Waals surface area contributed by atoms with E-state index in [1.54, 1.807) is 49.4 Å². The van der Waals surface area contributed by atoms with Crippen molar-refractivity contribution in [2.24, 2.45) is 0 Å². The molecule has 1 unspecified atom stereocenters. The highest BCUT2D eigenvalue weighted by Crippen LogP contribution is 2.23. The normalized spacial score (nSPS) is 15.3. The Labute approximate surface area is 280 Å². The third kappa shape index (κ3) is 15.6. The number of hydrogen-bond donors (Lipinski definition) is 4. The first-order valence-electron chi connectivity index (χ1n) is 15.4. The lowest BCUT2D eigenvalue weighted by Gasteiger charge is -2.35. The number of nitriles is 1. The van der Waals surface area contributed by atoms with Crippen molar-refractivity contribution in [1.82, 2.24) is 9.62 Å². The second-order valence-corrected chi connectivity index (χ2v) is 11.3. The maximum Gasteiger partial charge on any atom is 0.300 e. The number of carboxylic acids is 1. The van der Waals surface area contributed by atoms with Gasteiger partial charge in [0.2, 0.25) is 15.9 Å². The number of rotatable bonds is 8. The van der Waals surface area contributed by atoms with E-state index in [0.717, 1.165) is 25.3 Å². The molecule has 1 aliphatic carbocycles. The van der Waals surface area contributed by atoms with Crippen molar-refractivity contribution in [2.45, 2.75) is 67.9 Å². The molecule has 0 saturated carbocycles. The number of hydrogen-bond acceptors (Lipinski definition) is 8. The van der Waals surface area contributed by atoms with E-state index in [1.807, 2.05) is 58.9 Å². The molecule has 1 amide bonds. The number of carbonyl (C=O) groups excluding carboxylic acids is 1. The number of carboxylic acid groups (broad SMARTS) is 1. The number of anilines is 1. The largest absolute Gasteiger partial charge is 0.481 e. The standard InChI is InChI=1S/C27H31N5O4S.C2H4O2.2C2H6.CH4O/c1-4-22(19-28)18-20(2)21(3)29-27(33)23-6-5-7-26(13-8-23)37(35,36)32-16-14-31(15-17-32)25-11-9-24(30-34)10-12-25;1-2(3)4;3*1-2/h4-5,7-13,18,21H,6,14-17H2,1-3H3,(H,29,33);1H3,(H,3,4);2*1-2H3;2H,1H3/p+1/b20-18-,22-4+;;;;. The molecular formula is C34H52N5O7S+. The zero-order valence-corrected chi connectivity index (χ0v) is 29.9. The summed E-state index contributed by atoms with van der Waals surface area (Å²) in [5.41, 5.74) is 3.21. The Balaban J connectivity index is 0. The van der Waals surface area contributed by atoms with Gasteiger partial charge < -0.3 is 20.4 Å². The summed E-state index contributed by atoms with van der Waals surface area (Å²) < 4.78 is 28.1. The van der Waals surface area contributed by atoms with Crippen LogP contribution < -0.4 is 15.4 Å². The highest BCUT2D eigenvalue weighted by Gasteiger charge is 2.29. The summed E-state index contributed by atoms with van der Waals surface area (Å²) in [6, 6.07) is 8.85. The number of aliphatic carboxylic acids is 1. The van der Waals surface area contributed by atoms with Gasteiger partial charge in [0.25, 0.3) is 11.7 Å². The van der Waals surface area contributed by atoms with Gasteiger partial charge in [-0.2, -0.15) is 9.57 Å². The van der Waals surface area contributed by atoms with Crippen molar-refractivity contribution < 1.29 is 33.4 Å². The minimum absolute atomic E-state index is 0.144. The van der Waals surface area contributed by atoms with Crippen molar-refractivity contribution in [3.05, 3.63) is 87.3 Å². The molecule has 1 aliphatic heterocycles.